The Labute approximate surface area is 192 Å². The maximum Gasteiger partial charge on any atom is 0.242 e. The summed E-state index contributed by atoms with van der Waals surface area (Å²) in [6.45, 7) is 0. The molecule has 0 saturated carbocycles. The molecule has 1 amide bonds. The van der Waals surface area contributed by atoms with Crippen molar-refractivity contribution >= 4 is 11.6 Å². The van der Waals surface area contributed by atoms with Crippen LogP contribution in [0.15, 0.2) is 97.3 Å². The summed E-state index contributed by atoms with van der Waals surface area (Å²) in [7, 11) is 1.46. The summed E-state index contributed by atoms with van der Waals surface area (Å²) in [4.78, 5) is 16.9. The Morgan fingerprint density at radius 1 is 0.909 bits per heavy atom. The molecular formula is C27H24FN3O2. The van der Waals surface area contributed by atoms with Crippen LogP contribution in [0.1, 0.15) is 17.0 Å². The van der Waals surface area contributed by atoms with Gasteiger partial charge >= 0.3 is 0 Å². The molecule has 1 heterocycles. The molecule has 0 radical (unpaired) electrons. The highest BCUT2D eigenvalue weighted by atomic mass is 19.1. The third kappa shape index (κ3) is 4.91. The molecule has 3 aromatic carbocycles. The van der Waals surface area contributed by atoms with Crippen molar-refractivity contribution in [2.24, 2.45) is 5.73 Å². The molecule has 33 heavy (non-hydrogen) atoms. The Bertz CT molecular complexity index is 1180. The predicted molar refractivity (Wildman–Crippen MR) is 128 cm³/mol. The molecule has 0 aliphatic rings. The van der Waals surface area contributed by atoms with Gasteiger partial charge in [-0.2, -0.15) is 0 Å². The van der Waals surface area contributed by atoms with Gasteiger partial charge in [-0.25, -0.2) is 4.39 Å². The average molecular weight is 442 g/mol. The van der Waals surface area contributed by atoms with Crippen molar-refractivity contribution in [2.45, 2.75) is 12.0 Å². The van der Waals surface area contributed by atoms with E-state index < -0.39 is 11.9 Å². The van der Waals surface area contributed by atoms with Gasteiger partial charge in [0.25, 0.3) is 0 Å². The first kappa shape index (κ1) is 22.2. The van der Waals surface area contributed by atoms with Gasteiger partial charge in [-0.05, 0) is 28.8 Å². The zero-order chi connectivity index (χ0) is 23.2. The summed E-state index contributed by atoms with van der Waals surface area (Å²) < 4.78 is 19.6. The molecule has 0 unspecified atom stereocenters. The van der Waals surface area contributed by atoms with Crippen molar-refractivity contribution in [1.82, 2.24) is 4.98 Å². The van der Waals surface area contributed by atoms with Crippen molar-refractivity contribution in [3.8, 4) is 16.9 Å². The number of ether oxygens (including phenoxy) is 1. The first-order valence-electron chi connectivity index (χ1n) is 10.5. The molecule has 0 bridgehead atoms. The van der Waals surface area contributed by atoms with Crippen LogP contribution in [0, 0.1) is 5.82 Å². The lowest BCUT2D eigenvalue weighted by atomic mass is 9.85. The molecule has 1 atom stereocenters. The molecule has 1 aromatic heterocycles. The van der Waals surface area contributed by atoms with E-state index in [1.54, 1.807) is 24.3 Å². The average Bonchev–Trinajstić information content (AvgIpc) is 2.86. The summed E-state index contributed by atoms with van der Waals surface area (Å²) in [5, 5.41) is 2.88. The summed E-state index contributed by atoms with van der Waals surface area (Å²) in [6, 6.07) is 25.5. The fourth-order valence-corrected chi connectivity index (χ4v) is 3.88. The minimum atomic E-state index is -0.813. The van der Waals surface area contributed by atoms with Crippen LogP contribution in [0.2, 0.25) is 0 Å². The zero-order valence-corrected chi connectivity index (χ0v) is 18.1. The largest absolute Gasteiger partial charge is 0.494 e. The summed E-state index contributed by atoms with van der Waals surface area (Å²) in [5.74, 6) is -0.765. The summed E-state index contributed by atoms with van der Waals surface area (Å²) in [5.41, 5.74) is 9.88. The van der Waals surface area contributed by atoms with E-state index in [4.69, 9.17) is 10.5 Å². The molecule has 3 N–H and O–H groups in total. The summed E-state index contributed by atoms with van der Waals surface area (Å²) in [6.07, 6.45) is 2.60. The minimum Gasteiger partial charge on any atom is -0.494 e. The molecule has 4 aromatic rings. The minimum absolute atomic E-state index is 0.304. The fourth-order valence-electron chi connectivity index (χ4n) is 3.88. The quantitative estimate of drug-likeness (QED) is 0.423. The topological polar surface area (TPSA) is 77.2 Å². The van der Waals surface area contributed by atoms with Gasteiger partial charge in [0.15, 0.2) is 5.82 Å². The summed E-state index contributed by atoms with van der Waals surface area (Å²) >= 11 is 0. The van der Waals surface area contributed by atoms with Gasteiger partial charge < -0.3 is 15.8 Å². The number of rotatable bonds is 7. The second-order valence-corrected chi connectivity index (χ2v) is 7.59. The highest BCUT2D eigenvalue weighted by molar-refractivity contribution is 5.96. The number of nitrogens with two attached hydrogens (primary N) is 1. The molecule has 166 valence electrons. The van der Waals surface area contributed by atoms with E-state index in [9.17, 15) is 9.18 Å². The van der Waals surface area contributed by atoms with E-state index in [1.165, 1.54) is 13.3 Å². The van der Waals surface area contributed by atoms with Crippen LogP contribution in [0.4, 0.5) is 10.1 Å². The van der Waals surface area contributed by atoms with E-state index in [1.807, 2.05) is 60.7 Å². The Morgan fingerprint density at radius 2 is 1.48 bits per heavy atom. The number of carbonyl (C=O) groups is 1. The van der Waals surface area contributed by atoms with Gasteiger partial charge in [-0.3, -0.25) is 9.78 Å². The van der Waals surface area contributed by atoms with Crippen LogP contribution in [0.25, 0.3) is 11.1 Å². The number of halogens is 1. The van der Waals surface area contributed by atoms with Crippen LogP contribution >= 0.6 is 0 Å². The molecule has 6 heteroatoms. The van der Waals surface area contributed by atoms with Gasteiger partial charge in [0.05, 0.1) is 31.1 Å². The maximum atomic E-state index is 14.3. The highest BCUT2D eigenvalue weighted by Crippen LogP contribution is 2.32. The molecule has 0 fully saturated rings. The second kappa shape index (κ2) is 10.1. The Balaban J connectivity index is 1.56. The first-order chi connectivity index (χ1) is 16.1. The third-order valence-corrected chi connectivity index (χ3v) is 5.51. The Morgan fingerprint density at radius 3 is 2.03 bits per heavy atom. The zero-order valence-electron chi connectivity index (χ0n) is 18.1. The lowest BCUT2D eigenvalue weighted by molar-refractivity contribution is -0.117. The number of pyridine rings is 1. The van der Waals surface area contributed by atoms with E-state index in [2.05, 4.69) is 10.3 Å². The van der Waals surface area contributed by atoms with Gasteiger partial charge in [0, 0.05) is 11.6 Å². The molecule has 5 nitrogen and oxygen atoms in total. The molecule has 0 aliphatic heterocycles. The van der Waals surface area contributed by atoms with Gasteiger partial charge in [0.1, 0.15) is 5.75 Å². The molecule has 0 aliphatic carbocycles. The number of carbonyl (C=O) groups excluding carboxylic acids is 1. The molecule has 4 rings (SSSR count). The van der Waals surface area contributed by atoms with Crippen LogP contribution in [-0.2, 0) is 4.79 Å². The Kier molecular flexibility index (Phi) is 6.76. The lowest BCUT2D eigenvalue weighted by Gasteiger charge is -2.24. The fraction of sp³-hybridized carbons (Fsp3) is 0.111. The number of hydrogen-bond acceptors (Lipinski definition) is 4. The number of methoxy groups -OCH3 is 1. The van der Waals surface area contributed by atoms with E-state index in [0.29, 0.717) is 22.6 Å². The van der Waals surface area contributed by atoms with Crippen LogP contribution in [0.3, 0.4) is 0 Å². The molecular weight excluding hydrogens is 417 g/mol. The van der Waals surface area contributed by atoms with Crippen LogP contribution < -0.4 is 15.8 Å². The lowest BCUT2D eigenvalue weighted by Crippen LogP contribution is -2.41. The van der Waals surface area contributed by atoms with Gasteiger partial charge in [-0.1, -0.05) is 72.8 Å². The number of nitrogens with zero attached hydrogens (tertiary/aromatic N) is 1. The maximum absolute atomic E-state index is 14.3. The first-order valence-corrected chi connectivity index (χ1v) is 10.5. The molecule has 0 spiro atoms. The number of benzene rings is 3. The van der Waals surface area contributed by atoms with Gasteiger partial charge in [0.2, 0.25) is 5.91 Å². The standard InChI is InChI=1S/C27H24FN3O2/c1-33-23-17-30-16-22(28)25(23)20-12-14-21(15-13-20)31-27(32)26(29)24(18-8-4-2-5-9-18)19-10-6-3-7-11-19/h2-17,24,26H,29H2,1H3,(H,31,32)/t26-/m0/s1. The normalized spacial score (nSPS) is 11.8. The number of aromatic nitrogens is 1. The van der Waals surface area contributed by atoms with Crippen molar-refractivity contribution < 1.29 is 13.9 Å². The van der Waals surface area contributed by atoms with Crippen LogP contribution in [-0.4, -0.2) is 24.0 Å². The van der Waals surface area contributed by atoms with Crippen molar-refractivity contribution in [2.75, 3.05) is 12.4 Å². The number of amides is 1. The number of hydrogen-bond donors (Lipinski definition) is 2. The molecule has 0 saturated heterocycles. The highest BCUT2D eigenvalue weighted by Gasteiger charge is 2.27. The second-order valence-electron chi connectivity index (χ2n) is 7.59. The van der Waals surface area contributed by atoms with E-state index >= 15 is 0 Å². The van der Waals surface area contributed by atoms with Crippen LogP contribution in [0.5, 0.6) is 5.75 Å². The van der Waals surface area contributed by atoms with Gasteiger partial charge in [-0.15, -0.1) is 0 Å². The number of nitrogens with one attached hydrogen (secondary N) is 1. The van der Waals surface area contributed by atoms with Crippen molar-refractivity contribution in [3.63, 3.8) is 0 Å². The van der Waals surface area contributed by atoms with E-state index in [0.717, 1.165) is 17.3 Å². The van der Waals surface area contributed by atoms with E-state index in [-0.39, 0.29) is 11.8 Å². The Hall–Kier alpha value is -4.03. The number of anilines is 1. The van der Waals surface area contributed by atoms with Crippen molar-refractivity contribution in [1.29, 1.82) is 0 Å². The monoisotopic (exact) mass is 441 g/mol. The predicted octanol–water partition coefficient (Wildman–Crippen LogP) is 4.99. The smallest absolute Gasteiger partial charge is 0.242 e. The third-order valence-electron chi connectivity index (χ3n) is 5.51. The van der Waals surface area contributed by atoms with Crippen molar-refractivity contribution in [3.05, 3.63) is 114 Å². The SMILES string of the molecule is COc1cncc(F)c1-c1ccc(NC(=O)[C@@H](N)C(c2ccccc2)c2ccccc2)cc1.